The Morgan fingerprint density at radius 3 is 1.34 bits per heavy atom. The summed E-state index contributed by atoms with van der Waals surface area (Å²) in [6.45, 7) is 7.74. The highest BCUT2D eigenvalue weighted by molar-refractivity contribution is 6.34. The van der Waals surface area contributed by atoms with Gasteiger partial charge in [0.15, 0.2) is 23.2 Å². The van der Waals surface area contributed by atoms with Crippen molar-refractivity contribution in [1.29, 1.82) is 0 Å². The maximum atomic E-state index is 7.74. The van der Waals surface area contributed by atoms with E-state index in [9.17, 15) is 0 Å². The first-order valence-corrected chi connectivity index (χ1v) is 32.9. The van der Waals surface area contributed by atoms with E-state index in [0.717, 1.165) is 170 Å². The summed E-state index contributed by atoms with van der Waals surface area (Å²) in [5.41, 5.74) is 17.4. The third kappa shape index (κ3) is 9.40. The van der Waals surface area contributed by atoms with E-state index < -0.39 is 0 Å². The van der Waals surface area contributed by atoms with Crippen LogP contribution in [0.1, 0.15) is 0 Å². The monoisotopic (exact) mass is 1260 g/mol. The Labute approximate surface area is 567 Å². The van der Waals surface area contributed by atoms with Gasteiger partial charge in [0.25, 0.3) is 0 Å². The number of hydrogen-bond donors (Lipinski definition) is 0. The summed E-state index contributed by atoms with van der Waals surface area (Å²) in [6.07, 6.45) is 5.56. The van der Waals surface area contributed by atoms with E-state index in [1.54, 1.807) is 0 Å². The molecule has 0 saturated carbocycles. The lowest BCUT2D eigenvalue weighted by atomic mass is 9.89. The predicted molar refractivity (Wildman–Crippen MR) is 406 cm³/mol. The van der Waals surface area contributed by atoms with Gasteiger partial charge in [-0.3, -0.25) is 15.0 Å². The molecule has 7 heterocycles. The third-order valence-corrected chi connectivity index (χ3v) is 19.2. The smallest absolute Gasteiger partial charge is 0.188 e. The molecule has 0 aliphatic carbocycles. The van der Waals surface area contributed by atoms with Crippen molar-refractivity contribution in [3.8, 4) is 73.5 Å². The Bertz CT molecular complexity index is 6690. The average Bonchev–Trinajstić information content (AvgIpc) is 1.34. The summed E-state index contributed by atoms with van der Waals surface area (Å²) in [6, 6.07) is 103. The lowest BCUT2D eigenvalue weighted by Crippen LogP contribution is -2.00. The highest BCUT2D eigenvalue weighted by Crippen LogP contribution is 2.47. The Hall–Kier alpha value is -13.8. The zero-order valence-corrected chi connectivity index (χ0v) is 53.0. The summed E-state index contributed by atoms with van der Waals surface area (Å²) in [5, 5.41) is 16.6. The van der Waals surface area contributed by atoms with E-state index in [1.165, 1.54) is 5.39 Å². The molecule has 0 aliphatic rings. The molecule has 0 atom stereocenters. The standard InChI is InChI=1S/C48H27N5.C41H25N5/c1-49-30-20-24-43-40(28-30)39-27-29(19-23-42(39)53(43)31-11-3-2-4-12-31)32-21-22-35(34-14-6-5-13-33(32)34)46-45-38-17-10-26-51-48(38)47-37(16-9-25-50-47)44(45)36-15-7-8-18-41(36)52-46;1-3-13-26(14-4-1)39-44-40(27-15-5-2-6-16-27)46-41(45-39)29-18-11-17-28(25-29)37-36-33-22-12-24-42-38(33)31-20-8-7-19-30(31)35(36)32-21-9-10-23-34(32)43-37/h2-28H;1-25H. The highest BCUT2D eigenvalue weighted by atomic mass is 15.0. The highest BCUT2D eigenvalue weighted by Gasteiger charge is 2.24. The van der Waals surface area contributed by atoms with Crippen LogP contribution in [0.4, 0.5) is 5.69 Å². The normalized spacial score (nSPS) is 11.6. The van der Waals surface area contributed by atoms with Gasteiger partial charge in [-0.2, -0.15) is 0 Å². The zero-order chi connectivity index (χ0) is 65.5. The van der Waals surface area contributed by atoms with Crippen molar-refractivity contribution in [3.63, 3.8) is 0 Å². The van der Waals surface area contributed by atoms with Gasteiger partial charge in [0, 0.05) is 111 Å². The van der Waals surface area contributed by atoms with E-state index in [-0.39, 0.29) is 0 Å². The van der Waals surface area contributed by atoms with E-state index in [2.05, 4.69) is 204 Å². The molecular formula is C89H52N10. The van der Waals surface area contributed by atoms with Gasteiger partial charge in [-0.15, -0.1) is 0 Å². The molecular weight excluding hydrogens is 1210 g/mol. The molecule has 10 heteroatoms. The Morgan fingerprint density at radius 2 is 0.707 bits per heavy atom. The van der Waals surface area contributed by atoms with Gasteiger partial charge in [0.05, 0.1) is 56.6 Å². The van der Waals surface area contributed by atoms with Crippen LogP contribution in [0.15, 0.2) is 316 Å². The molecule has 10 nitrogen and oxygen atoms in total. The van der Waals surface area contributed by atoms with Gasteiger partial charge in [-0.25, -0.2) is 29.8 Å². The first kappa shape index (κ1) is 56.8. The van der Waals surface area contributed by atoms with Gasteiger partial charge < -0.3 is 4.57 Å². The lowest BCUT2D eigenvalue weighted by Gasteiger charge is -2.17. The number of rotatable bonds is 7. The van der Waals surface area contributed by atoms with Crippen LogP contribution in [0.25, 0.3) is 198 Å². The second kappa shape index (κ2) is 23.3. The fourth-order valence-corrected chi connectivity index (χ4v) is 14.8. The maximum absolute atomic E-state index is 7.74. The molecule has 20 aromatic rings. The summed E-state index contributed by atoms with van der Waals surface area (Å²) in [5.74, 6) is 1.87. The molecule has 0 amide bonds. The van der Waals surface area contributed by atoms with Crippen molar-refractivity contribution >= 4 is 125 Å². The van der Waals surface area contributed by atoms with Crippen LogP contribution in [-0.2, 0) is 0 Å². The Kier molecular flexibility index (Phi) is 13.4. The number of hydrogen-bond acceptors (Lipinski definition) is 8. The number of aromatic nitrogens is 9. The molecule has 7 aromatic heterocycles. The minimum atomic E-state index is 0.608. The Balaban J connectivity index is 0.000000140. The molecule has 99 heavy (non-hydrogen) atoms. The summed E-state index contributed by atoms with van der Waals surface area (Å²) in [4.78, 5) is 43.9. The number of fused-ring (bicyclic) bond motifs is 20. The fourth-order valence-electron chi connectivity index (χ4n) is 14.8. The Morgan fingerprint density at radius 1 is 0.263 bits per heavy atom. The SMILES string of the molecule is [C-]#[N+]c1ccc2c(c1)c1cc(-c3ccc(-c4nc5ccccc5c5c6cccnc6c6ncccc6c45)c4ccccc34)ccc1n2-c1ccccc1.c1ccc(-c2nc(-c3ccccc3)nc(-c3cccc(-c4nc5ccccc5c5c6ccccc6c6ncccc6c45)c3)n2)cc1. The van der Waals surface area contributed by atoms with Crippen molar-refractivity contribution in [2.75, 3.05) is 0 Å². The first-order valence-electron chi connectivity index (χ1n) is 32.9. The number of benzene rings is 13. The molecule has 0 fully saturated rings. The maximum Gasteiger partial charge on any atom is 0.188 e. The molecule has 458 valence electrons. The van der Waals surface area contributed by atoms with Gasteiger partial charge in [0.1, 0.15) is 0 Å². The largest absolute Gasteiger partial charge is 0.309 e. The van der Waals surface area contributed by atoms with Gasteiger partial charge in [-0.05, 0) is 105 Å². The molecule has 0 saturated heterocycles. The van der Waals surface area contributed by atoms with Crippen LogP contribution in [0.5, 0.6) is 0 Å². The quantitative estimate of drug-likeness (QED) is 0.115. The number of para-hydroxylation sites is 3. The lowest BCUT2D eigenvalue weighted by molar-refractivity contribution is 1.07. The van der Waals surface area contributed by atoms with E-state index >= 15 is 0 Å². The third-order valence-electron chi connectivity index (χ3n) is 19.2. The molecule has 0 radical (unpaired) electrons. The fraction of sp³-hybridized carbons (Fsp3) is 0. The van der Waals surface area contributed by atoms with E-state index in [0.29, 0.717) is 23.2 Å². The second-order valence-corrected chi connectivity index (χ2v) is 24.7. The molecule has 20 rings (SSSR count). The second-order valence-electron chi connectivity index (χ2n) is 24.7. The van der Waals surface area contributed by atoms with Crippen LogP contribution < -0.4 is 0 Å². The molecule has 0 N–H and O–H groups in total. The molecule has 0 unspecified atom stereocenters. The van der Waals surface area contributed by atoms with Crippen molar-refractivity contribution < 1.29 is 0 Å². The minimum Gasteiger partial charge on any atom is -0.309 e. The summed E-state index contributed by atoms with van der Waals surface area (Å²) >= 11 is 0. The van der Waals surface area contributed by atoms with Crippen molar-refractivity contribution in [2.24, 2.45) is 0 Å². The van der Waals surface area contributed by atoms with Crippen LogP contribution >= 0.6 is 0 Å². The topological polar surface area (TPSA) is 112 Å². The molecule has 13 aromatic carbocycles. The van der Waals surface area contributed by atoms with Crippen LogP contribution in [0, 0.1) is 6.57 Å². The minimum absolute atomic E-state index is 0.608. The van der Waals surface area contributed by atoms with E-state index in [1.807, 2.05) is 122 Å². The molecule has 0 bridgehead atoms. The summed E-state index contributed by atoms with van der Waals surface area (Å²) < 4.78 is 2.29. The molecule has 0 aliphatic heterocycles. The van der Waals surface area contributed by atoms with E-state index in [4.69, 9.17) is 46.4 Å². The van der Waals surface area contributed by atoms with Crippen LogP contribution in [-0.4, -0.2) is 44.4 Å². The number of pyridine rings is 5. The zero-order valence-electron chi connectivity index (χ0n) is 53.0. The van der Waals surface area contributed by atoms with Gasteiger partial charge in [0.2, 0.25) is 0 Å². The van der Waals surface area contributed by atoms with Crippen molar-refractivity contribution in [3.05, 3.63) is 327 Å². The first-order chi connectivity index (χ1) is 49.1. The predicted octanol–water partition coefficient (Wildman–Crippen LogP) is 22.6. The van der Waals surface area contributed by atoms with Crippen molar-refractivity contribution in [2.45, 2.75) is 0 Å². The van der Waals surface area contributed by atoms with Crippen LogP contribution in [0.2, 0.25) is 0 Å². The van der Waals surface area contributed by atoms with Gasteiger partial charge in [-0.1, -0.05) is 224 Å². The van der Waals surface area contributed by atoms with Crippen LogP contribution in [0.3, 0.4) is 0 Å². The summed E-state index contributed by atoms with van der Waals surface area (Å²) in [7, 11) is 0. The van der Waals surface area contributed by atoms with Crippen molar-refractivity contribution in [1.82, 2.24) is 44.4 Å². The average molecular weight is 1260 g/mol. The number of nitrogens with zero attached hydrogens (tertiary/aromatic N) is 10. The molecule has 0 spiro atoms. The van der Waals surface area contributed by atoms with Gasteiger partial charge >= 0.3 is 0 Å².